The van der Waals surface area contributed by atoms with Gasteiger partial charge in [0, 0.05) is 5.69 Å². The number of H-pyrrole nitrogens is 1. The van der Waals surface area contributed by atoms with E-state index in [2.05, 4.69) is 51.9 Å². The zero-order valence-electron chi connectivity index (χ0n) is 17.1. The summed E-state index contributed by atoms with van der Waals surface area (Å²) in [4.78, 5) is 11.1. The summed E-state index contributed by atoms with van der Waals surface area (Å²) in [6.07, 6.45) is 7.26. The van der Waals surface area contributed by atoms with Crippen LogP contribution in [0.4, 0.5) is 11.5 Å². The summed E-state index contributed by atoms with van der Waals surface area (Å²) in [7, 11) is 0. The first-order chi connectivity index (χ1) is 15.2. The van der Waals surface area contributed by atoms with Crippen molar-refractivity contribution in [2.24, 2.45) is 0 Å². The van der Waals surface area contributed by atoms with Crippen LogP contribution >= 0.6 is 0 Å². The quantitative estimate of drug-likeness (QED) is 0.346. The number of hydrogen-bond acceptors (Lipinski definition) is 3. The van der Waals surface area contributed by atoms with Gasteiger partial charge < -0.3 is 10.4 Å². The van der Waals surface area contributed by atoms with Crippen LogP contribution in [0.5, 0.6) is 0 Å². The van der Waals surface area contributed by atoms with Gasteiger partial charge in [0.2, 0.25) is 0 Å². The van der Waals surface area contributed by atoms with Crippen LogP contribution in [0.2, 0.25) is 0 Å². The van der Waals surface area contributed by atoms with Gasteiger partial charge in [0.1, 0.15) is 0 Å². The van der Waals surface area contributed by atoms with Crippen molar-refractivity contribution >= 4 is 34.0 Å². The first-order valence-electron chi connectivity index (χ1n) is 10.6. The predicted octanol–water partition coefficient (Wildman–Crippen LogP) is 6.63. The largest absolute Gasteiger partial charge is 0.478 e. The summed E-state index contributed by atoms with van der Waals surface area (Å²) in [5, 5.41) is 21.0. The number of rotatable bonds is 5. The number of carboxylic acids is 1. The molecule has 3 N–H and O–H groups in total. The van der Waals surface area contributed by atoms with Gasteiger partial charge in [-0.3, -0.25) is 5.10 Å². The minimum Gasteiger partial charge on any atom is -0.478 e. The molecule has 5 heteroatoms. The number of aromatic amines is 1. The molecule has 0 amide bonds. The molecule has 0 unspecified atom stereocenters. The normalized spacial score (nSPS) is 13.7. The molecule has 0 spiro atoms. The van der Waals surface area contributed by atoms with E-state index in [1.54, 1.807) is 24.3 Å². The Bertz CT molecular complexity index is 1270. The molecule has 1 aromatic heterocycles. The summed E-state index contributed by atoms with van der Waals surface area (Å²) >= 11 is 0. The molecule has 0 saturated heterocycles. The summed E-state index contributed by atoms with van der Waals surface area (Å²) in [6, 6.07) is 21.6. The first-order valence-corrected chi connectivity index (χ1v) is 10.6. The molecule has 0 atom stereocenters. The highest BCUT2D eigenvalue weighted by molar-refractivity contribution is 6.03. The van der Waals surface area contributed by atoms with Gasteiger partial charge in [0.15, 0.2) is 5.82 Å². The van der Waals surface area contributed by atoms with Crippen molar-refractivity contribution in [1.29, 1.82) is 0 Å². The maximum Gasteiger partial charge on any atom is 0.335 e. The summed E-state index contributed by atoms with van der Waals surface area (Å²) < 4.78 is 0. The van der Waals surface area contributed by atoms with Crippen LogP contribution in [0.25, 0.3) is 27.6 Å². The number of carboxylic acid groups (broad SMARTS) is 1. The number of hydrogen-bond donors (Lipinski definition) is 3. The lowest BCUT2D eigenvalue weighted by Gasteiger charge is -2.14. The van der Waals surface area contributed by atoms with E-state index in [9.17, 15) is 4.79 Å². The van der Waals surface area contributed by atoms with Crippen LogP contribution in [0.15, 0.2) is 72.8 Å². The topological polar surface area (TPSA) is 78.0 Å². The zero-order valence-corrected chi connectivity index (χ0v) is 17.1. The van der Waals surface area contributed by atoms with Crippen LogP contribution in [-0.4, -0.2) is 21.3 Å². The van der Waals surface area contributed by atoms with Crippen molar-refractivity contribution in [2.75, 3.05) is 5.32 Å². The number of aromatic nitrogens is 2. The second-order valence-corrected chi connectivity index (χ2v) is 7.86. The van der Waals surface area contributed by atoms with Gasteiger partial charge in [-0.15, -0.1) is 0 Å². The van der Waals surface area contributed by atoms with Crippen molar-refractivity contribution in [3.8, 4) is 11.1 Å². The fourth-order valence-corrected chi connectivity index (χ4v) is 4.20. The third kappa shape index (κ3) is 3.82. The Morgan fingerprint density at radius 3 is 2.42 bits per heavy atom. The molecular weight excluding hydrogens is 386 g/mol. The predicted molar refractivity (Wildman–Crippen MR) is 125 cm³/mol. The zero-order chi connectivity index (χ0) is 21.2. The van der Waals surface area contributed by atoms with Gasteiger partial charge in [0.05, 0.1) is 16.5 Å². The van der Waals surface area contributed by atoms with Crippen molar-refractivity contribution < 1.29 is 9.90 Å². The molecule has 3 aromatic carbocycles. The number of fused-ring (bicyclic) bond motifs is 1. The Balaban J connectivity index is 1.49. The summed E-state index contributed by atoms with van der Waals surface area (Å²) in [5.41, 5.74) is 6.97. The molecule has 154 valence electrons. The third-order valence-corrected chi connectivity index (χ3v) is 5.84. The Morgan fingerprint density at radius 2 is 1.71 bits per heavy atom. The molecule has 1 aliphatic rings. The van der Waals surface area contributed by atoms with Gasteiger partial charge in [-0.1, -0.05) is 42.5 Å². The number of benzene rings is 3. The van der Waals surface area contributed by atoms with Crippen molar-refractivity contribution in [3.05, 3.63) is 83.9 Å². The second kappa shape index (κ2) is 8.11. The van der Waals surface area contributed by atoms with E-state index in [4.69, 9.17) is 5.11 Å². The first kappa shape index (κ1) is 19.1. The SMILES string of the molecule is O=C(O)c1ccc(Nc2n[nH]c3cccc(-c4ccc(C5=CCCCC5)cc4)c23)cc1. The standard InChI is InChI=1S/C26H23N3O2/c30-26(31)20-13-15-21(16-14-20)27-25-24-22(7-4-8-23(24)28-29-25)19-11-9-18(10-12-19)17-5-2-1-3-6-17/h4-5,7-16H,1-3,6H2,(H,30,31)(H2,27,28,29). The van der Waals surface area contributed by atoms with Gasteiger partial charge >= 0.3 is 5.97 Å². The molecule has 31 heavy (non-hydrogen) atoms. The van der Waals surface area contributed by atoms with Crippen LogP contribution < -0.4 is 5.32 Å². The number of anilines is 2. The highest BCUT2D eigenvalue weighted by Crippen LogP contribution is 2.35. The van der Waals surface area contributed by atoms with E-state index in [0.29, 0.717) is 5.82 Å². The second-order valence-electron chi connectivity index (χ2n) is 7.86. The van der Waals surface area contributed by atoms with E-state index in [1.165, 1.54) is 30.4 Å². The minimum atomic E-state index is -0.938. The fourth-order valence-electron chi connectivity index (χ4n) is 4.20. The molecule has 5 rings (SSSR count). The van der Waals surface area contributed by atoms with Crippen LogP contribution in [0.3, 0.4) is 0 Å². The lowest BCUT2D eigenvalue weighted by Crippen LogP contribution is -1.97. The van der Waals surface area contributed by atoms with Crippen LogP contribution in [0.1, 0.15) is 41.6 Å². The van der Waals surface area contributed by atoms with E-state index < -0.39 is 5.97 Å². The van der Waals surface area contributed by atoms with Gasteiger partial charge in [0.25, 0.3) is 0 Å². The van der Waals surface area contributed by atoms with Crippen molar-refractivity contribution in [1.82, 2.24) is 10.2 Å². The van der Waals surface area contributed by atoms with Crippen LogP contribution in [-0.2, 0) is 0 Å². The van der Waals surface area contributed by atoms with Gasteiger partial charge in [-0.25, -0.2) is 4.79 Å². The number of allylic oxidation sites excluding steroid dienone is 2. The summed E-state index contributed by atoms with van der Waals surface area (Å²) in [5.74, 6) is -0.223. The Kier molecular flexibility index (Phi) is 5.00. The molecule has 0 saturated carbocycles. The number of carbonyl (C=O) groups is 1. The Labute approximate surface area is 180 Å². The highest BCUT2D eigenvalue weighted by atomic mass is 16.4. The van der Waals surface area contributed by atoms with E-state index in [-0.39, 0.29) is 5.56 Å². The van der Waals surface area contributed by atoms with Gasteiger partial charge in [-0.2, -0.15) is 5.10 Å². The lowest BCUT2D eigenvalue weighted by atomic mass is 9.92. The van der Waals surface area contributed by atoms with E-state index in [0.717, 1.165) is 34.1 Å². The summed E-state index contributed by atoms with van der Waals surface area (Å²) in [6.45, 7) is 0. The average Bonchev–Trinajstić information content (AvgIpc) is 3.23. The lowest BCUT2D eigenvalue weighted by molar-refractivity contribution is 0.0697. The monoisotopic (exact) mass is 409 g/mol. The molecule has 0 bridgehead atoms. The minimum absolute atomic E-state index is 0.256. The Hall–Kier alpha value is -3.86. The molecule has 1 heterocycles. The van der Waals surface area contributed by atoms with E-state index in [1.807, 2.05) is 12.1 Å². The number of nitrogens with one attached hydrogen (secondary N) is 2. The molecule has 1 aliphatic carbocycles. The highest BCUT2D eigenvalue weighted by Gasteiger charge is 2.13. The molecule has 5 nitrogen and oxygen atoms in total. The molecular formula is C26H23N3O2. The molecule has 0 radical (unpaired) electrons. The van der Waals surface area contributed by atoms with Crippen molar-refractivity contribution in [2.45, 2.75) is 25.7 Å². The van der Waals surface area contributed by atoms with Crippen molar-refractivity contribution in [3.63, 3.8) is 0 Å². The van der Waals surface area contributed by atoms with Gasteiger partial charge in [-0.05, 0) is 78.3 Å². The maximum absolute atomic E-state index is 11.1. The molecule has 0 fully saturated rings. The van der Waals surface area contributed by atoms with Crippen LogP contribution in [0, 0.1) is 0 Å². The van der Waals surface area contributed by atoms with E-state index >= 15 is 0 Å². The number of nitrogens with zero attached hydrogens (tertiary/aromatic N) is 1. The Morgan fingerprint density at radius 1 is 0.935 bits per heavy atom. The smallest absolute Gasteiger partial charge is 0.335 e. The third-order valence-electron chi connectivity index (χ3n) is 5.84. The molecule has 0 aliphatic heterocycles. The molecule has 4 aromatic rings. The number of aromatic carboxylic acids is 1. The average molecular weight is 409 g/mol. The maximum atomic E-state index is 11.1. The fraction of sp³-hybridized carbons (Fsp3) is 0.154.